The van der Waals surface area contributed by atoms with Crippen molar-refractivity contribution in [3.8, 4) is 0 Å². The highest BCUT2D eigenvalue weighted by molar-refractivity contribution is 5.36. The van der Waals surface area contributed by atoms with Crippen LogP contribution in [0.2, 0.25) is 0 Å². The Morgan fingerprint density at radius 1 is 1.50 bits per heavy atom. The Labute approximate surface area is 38.1 Å². The van der Waals surface area contributed by atoms with Gasteiger partial charge in [0.15, 0.2) is 0 Å². The van der Waals surface area contributed by atoms with E-state index in [1.165, 1.54) is 13.6 Å². The van der Waals surface area contributed by atoms with Crippen LogP contribution in [0.3, 0.4) is 0 Å². The molecule has 0 spiro atoms. The largest absolute Gasteiger partial charge is 0.720 e. The van der Waals surface area contributed by atoms with Crippen molar-refractivity contribution in [1.29, 1.82) is 0 Å². The molecule has 0 aromatic carbocycles. The summed E-state index contributed by atoms with van der Waals surface area (Å²) >= 11 is 0. The Morgan fingerprint density at radius 3 is 1.67 bits per heavy atom. The molecule has 0 saturated heterocycles. The van der Waals surface area contributed by atoms with Crippen LogP contribution in [-0.2, 0) is 4.79 Å². The molecule has 1 N–H and O–H groups in total. The molecule has 0 aromatic heterocycles. The first-order chi connectivity index (χ1) is 2.91. The number of rotatable bonds is 1. The lowest BCUT2D eigenvalue weighted by atomic mass is 11.0. The molecule has 0 fully saturated rings. The third kappa shape index (κ3) is 95.8. The standard InChI is InChI=1S/C2H4O2.C2H6/c1-4-2-3;1-2/h4H,1H3;1-2H3. The van der Waals surface area contributed by atoms with Crippen molar-refractivity contribution in [2.24, 2.45) is 0 Å². The van der Waals surface area contributed by atoms with Gasteiger partial charge in [0.25, 0.3) is 0 Å². The fourth-order valence-electron chi connectivity index (χ4n) is 0. The third-order valence-corrected chi connectivity index (χ3v) is 0.0913. The predicted molar refractivity (Wildman–Crippen MR) is 25.2 cm³/mol. The fourth-order valence-corrected chi connectivity index (χ4v) is 0. The Bertz CT molecular complexity index is 19.5. The van der Waals surface area contributed by atoms with Crippen molar-refractivity contribution < 1.29 is 9.53 Å². The molecule has 0 heterocycles. The lowest BCUT2D eigenvalue weighted by molar-refractivity contribution is 0.177. The average molecular weight is 90.1 g/mol. The highest BCUT2D eigenvalue weighted by Gasteiger charge is 1.34. The van der Waals surface area contributed by atoms with Gasteiger partial charge in [0.1, 0.15) is 0 Å². The summed E-state index contributed by atoms with van der Waals surface area (Å²) in [4.78, 5) is 8.88. The predicted octanol–water partition coefficient (Wildman–Crippen LogP) is 0.238. The molecule has 0 aromatic rings. The molecule has 0 saturated carbocycles. The second-order valence-corrected chi connectivity index (χ2v) is 0.315. The molecular weight excluding hydrogens is 80.0 g/mol. The van der Waals surface area contributed by atoms with Crippen LogP contribution in [0.4, 0.5) is 0 Å². The quantitative estimate of drug-likeness (QED) is 0.335. The fraction of sp³-hybridized carbons (Fsp3) is 0.750. The van der Waals surface area contributed by atoms with E-state index in [4.69, 9.17) is 4.79 Å². The number of hydrogen-bond acceptors (Lipinski definition) is 1. The van der Waals surface area contributed by atoms with E-state index in [1.807, 2.05) is 13.8 Å². The molecule has 0 radical (unpaired) electrons. The molecule has 2 nitrogen and oxygen atoms in total. The van der Waals surface area contributed by atoms with E-state index in [0.29, 0.717) is 0 Å². The normalized spacial score (nSPS) is 4.50. The summed E-state index contributed by atoms with van der Waals surface area (Å²) in [5.41, 5.74) is 0. The molecule has 0 aliphatic carbocycles. The van der Waals surface area contributed by atoms with Crippen LogP contribution < -0.4 is 0 Å². The van der Waals surface area contributed by atoms with Crippen molar-refractivity contribution in [3.63, 3.8) is 0 Å². The maximum absolute atomic E-state index is 8.88. The molecule has 0 aliphatic rings. The van der Waals surface area contributed by atoms with Gasteiger partial charge in [-0.15, -0.1) is 0 Å². The van der Waals surface area contributed by atoms with E-state index >= 15 is 0 Å². The van der Waals surface area contributed by atoms with E-state index in [1.54, 1.807) is 0 Å². The minimum absolute atomic E-state index is 1.31. The second-order valence-electron chi connectivity index (χ2n) is 0.315. The van der Waals surface area contributed by atoms with Crippen LogP contribution in [-0.4, -0.2) is 18.3 Å². The average Bonchev–Trinajstić information content (AvgIpc) is 1.72. The summed E-state index contributed by atoms with van der Waals surface area (Å²) in [6, 6.07) is 0. The van der Waals surface area contributed by atoms with Crippen LogP contribution in [0.5, 0.6) is 0 Å². The molecule has 0 atom stereocenters. The van der Waals surface area contributed by atoms with Crippen LogP contribution in [0.1, 0.15) is 13.8 Å². The minimum atomic E-state index is 1.31. The summed E-state index contributed by atoms with van der Waals surface area (Å²) in [5, 5.41) is 0. The van der Waals surface area contributed by atoms with E-state index in [-0.39, 0.29) is 0 Å². The van der Waals surface area contributed by atoms with E-state index in [9.17, 15) is 0 Å². The summed E-state index contributed by atoms with van der Waals surface area (Å²) in [7, 11) is 1.38. The highest BCUT2D eigenvalue weighted by Crippen LogP contribution is 1.25. The smallest absolute Gasteiger partial charge is 0.217 e. The highest BCUT2D eigenvalue weighted by atomic mass is 16.5. The Kier molecular flexibility index (Phi) is 37.7. The summed E-state index contributed by atoms with van der Waals surface area (Å²) < 4.78 is 2.93. The molecule has 0 aliphatic heterocycles. The first-order valence-electron chi connectivity index (χ1n) is 1.87. The maximum atomic E-state index is 8.88. The monoisotopic (exact) mass is 90.1 g/mol. The van der Waals surface area contributed by atoms with Crippen LogP contribution in [0, 0.1) is 0 Å². The minimum Gasteiger partial charge on any atom is -0.720 e. The Balaban J connectivity index is 0. The van der Waals surface area contributed by atoms with Gasteiger partial charge in [-0.2, -0.15) is 0 Å². The van der Waals surface area contributed by atoms with Crippen molar-refractivity contribution in [1.82, 2.24) is 0 Å². The third-order valence-electron chi connectivity index (χ3n) is 0.0913. The topological polar surface area (TPSA) is 29.9 Å². The molecule has 6 heavy (non-hydrogen) atoms. The number of aliphatic hydroxyl groups is 1. The van der Waals surface area contributed by atoms with Crippen molar-refractivity contribution in [2.45, 2.75) is 13.8 Å². The van der Waals surface area contributed by atoms with Gasteiger partial charge < -0.3 is 4.74 Å². The Hall–Kier alpha value is -0.530. The lowest BCUT2D eigenvalue weighted by Crippen LogP contribution is -1.77. The maximum Gasteiger partial charge on any atom is 0.217 e. The molecule has 38 valence electrons. The van der Waals surface area contributed by atoms with E-state index in [0.717, 1.165) is 0 Å². The SMILES string of the molecule is CC.C[OH+][C-]=O. The molecule has 0 rings (SSSR count). The first-order valence-corrected chi connectivity index (χ1v) is 1.87. The van der Waals surface area contributed by atoms with Crippen LogP contribution in [0.15, 0.2) is 0 Å². The second kappa shape index (κ2) is 24.9. The lowest BCUT2D eigenvalue weighted by Gasteiger charge is -1.82. The van der Waals surface area contributed by atoms with Crippen molar-refractivity contribution in [2.75, 3.05) is 7.11 Å². The van der Waals surface area contributed by atoms with E-state index in [2.05, 4.69) is 4.74 Å². The summed E-state index contributed by atoms with van der Waals surface area (Å²) in [6.07, 6.45) is 0. The van der Waals surface area contributed by atoms with Gasteiger partial charge in [0.2, 0.25) is 6.47 Å². The molecule has 0 unspecified atom stereocenters. The summed E-state index contributed by atoms with van der Waals surface area (Å²) in [5.74, 6) is 0. The van der Waals surface area contributed by atoms with Crippen molar-refractivity contribution in [3.05, 3.63) is 0 Å². The molecular formula is C4H10O2. The van der Waals surface area contributed by atoms with Gasteiger partial charge in [-0.3, -0.25) is 0 Å². The van der Waals surface area contributed by atoms with Gasteiger partial charge in [-0.1, -0.05) is 13.8 Å². The van der Waals surface area contributed by atoms with Gasteiger partial charge in [-0.05, 0) is 0 Å². The number of hydrogen-bond donors (Lipinski definition) is 0. The molecule has 2 heteroatoms. The Morgan fingerprint density at radius 2 is 1.67 bits per heavy atom. The first kappa shape index (κ1) is 9.08. The number of ether oxygens (including phenoxy) is 1. The zero-order valence-electron chi connectivity index (χ0n) is 4.36. The van der Waals surface area contributed by atoms with Gasteiger partial charge in [0.05, 0.1) is 7.11 Å². The summed E-state index contributed by atoms with van der Waals surface area (Å²) in [6.45, 7) is 5.31. The van der Waals surface area contributed by atoms with Gasteiger partial charge in [0, 0.05) is 0 Å². The van der Waals surface area contributed by atoms with Gasteiger partial charge in [-0.25, -0.2) is 4.79 Å². The molecule has 0 amide bonds. The zero-order valence-corrected chi connectivity index (χ0v) is 4.36. The van der Waals surface area contributed by atoms with Crippen molar-refractivity contribution >= 4 is 6.47 Å². The van der Waals surface area contributed by atoms with E-state index < -0.39 is 0 Å². The molecule has 0 bridgehead atoms. The van der Waals surface area contributed by atoms with Crippen LogP contribution >= 0.6 is 0 Å². The van der Waals surface area contributed by atoms with Crippen LogP contribution in [0.25, 0.3) is 0 Å². The zero-order chi connectivity index (χ0) is 5.41. The van der Waals surface area contributed by atoms with Gasteiger partial charge >= 0.3 is 0 Å².